The Balaban J connectivity index is 1.37. The third-order valence-corrected chi connectivity index (χ3v) is 5.40. The Kier molecular flexibility index (Phi) is 5.71. The fourth-order valence-corrected chi connectivity index (χ4v) is 3.69. The molecule has 1 amide bonds. The number of hydrazone groups is 1. The maximum absolute atomic E-state index is 13.1. The number of carbonyl (C=O) groups is 1. The molecule has 0 bridgehead atoms. The van der Waals surface area contributed by atoms with Crippen LogP contribution in [0.5, 0.6) is 0 Å². The van der Waals surface area contributed by atoms with Crippen LogP contribution in [0.1, 0.15) is 18.9 Å². The molecule has 5 nitrogen and oxygen atoms in total. The summed E-state index contributed by atoms with van der Waals surface area (Å²) in [6.07, 6.45) is 2.23. The van der Waals surface area contributed by atoms with Crippen LogP contribution in [-0.4, -0.2) is 54.4 Å². The van der Waals surface area contributed by atoms with Crippen molar-refractivity contribution in [2.24, 2.45) is 5.10 Å². The number of piperazine rings is 1. The SMILES string of the molecule is CC1=NN(CN2CCN(c3ccccc3)CC2)C(=O)C/C1=C\c1ccc(F)cc1. The molecule has 29 heavy (non-hydrogen) atoms. The zero-order chi connectivity index (χ0) is 20.2. The predicted octanol–water partition coefficient (Wildman–Crippen LogP) is 3.60. The van der Waals surface area contributed by atoms with Crippen molar-refractivity contribution in [2.75, 3.05) is 37.7 Å². The lowest BCUT2D eigenvalue weighted by Crippen LogP contribution is -2.50. The number of nitrogens with zero attached hydrogens (tertiary/aromatic N) is 4. The fourth-order valence-electron chi connectivity index (χ4n) is 3.69. The molecule has 2 heterocycles. The van der Waals surface area contributed by atoms with Gasteiger partial charge in [-0.3, -0.25) is 9.69 Å². The quantitative estimate of drug-likeness (QED) is 0.798. The van der Waals surface area contributed by atoms with E-state index in [2.05, 4.69) is 39.2 Å². The van der Waals surface area contributed by atoms with E-state index in [0.29, 0.717) is 13.1 Å². The lowest BCUT2D eigenvalue weighted by atomic mass is 10.0. The van der Waals surface area contributed by atoms with Crippen LogP contribution < -0.4 is 4.90 Å². The van der Waals surface area contributed by atoms with Crippen LogP contribution in [0.2, 0.25) is 0 Å². The van der Waals surface area contributed by atoms with Crippen LogP contribution in [0.4, 0.5) is 10.1 Å². The third-order valence-electron chi connectivity index (χ3n) is 5.40. The third kappa shape index (κ3) is 4.71. The van der Waals surface area contributed by atoms with Crippen LogP contribution >= 0.6 is 0 Å². The van der Waals surface area contributed by atoms with E-state index < -0.39 is 0 Å². The van der Waals surface area contributed by atoms with E-state index >= 15 is 0 Å². The first-order chi connectivity index (χ1) is 14.1. The van der Waals surface area contributed by atoms with Gasteiger partial charge in [0.15, 0.2) is 0 Å². The highest BCUT2D eigenvalue weighted by atomic mass is 19.1. The largest absolute Gasteiger partial charge is 0.369 e. The van der Waals surface area contributed by atoms with Gasteiger partial charge in [0, 0.05) is 31.9 Å². The number of carbonyl (C=O) groups excluding carboxylic acids is 1. The minimum absolute atomic E-state index is 0.00514. The molecule has 0 radical (unpaired) electrons. The van der Waals surface area contributed by atoms with E-state index in [1.54, 1.807) is 17.1 Å². The Morgan fingerprint density at radius 1 is 1.00 bits per heavy atom. The molecule has 0 aliphatic carbocycles. The van der Waals surface area contributed by atoms with Gasteiger partial charge in [-0.2, -0.15) is 5.10 Å². The molecule has 1 saturated heterocycles. The van der Waals surface area contributed by atoms with Crippen LogP contribution in [0.15, 0.2) is 65.3 Å². The summed E-state index contributed by atoms with van der Waals surface area (Å²) in [6, 6.07) is 16.7. The summed E-state index contributed by atoms with van der Waals surface area (Å²) >= 11 is 0. The first-order valence-electron chi connectivity index (χ1n) is 9.93. The first-order valence-corrected chi connectivity index (χ1v) is 9.93. The van der Waals surface area contributed by atoms with E-state index in [-0.39, 0.29) is 11.7 Å². The van der Waals surface area contributed by atoms with Gasteiger partial charge in [-0.1, -0.05) is 30.3 Å². The van der Waals surface area contributed by atoms with E-state index in [1.807, 2.05) is 19.1 Å². The maximum Gasteiger partial charge on any atom is 0.248 e. The molecule has 2 aliphatic rings. The summed E-state index contributed by atoms with van der Waals surface area (Å²) in [5.41, 5.74) is 3.82. The second kappa shape index (κ2) is 8.57. The molecule has 0 saturated carbocycles. The molecule has 150 valence electrons. The highest BCUT2D eigenvalue weighted by molar-refractivity contribution is 6.08. The summed E-state index contributed by atoms with van der Waals surface area (Å²) in [5.74, 6) is -0.273. The molecule has 1 fully saturated rings. The van der Waals surface area contributed by atoms with Crippen molar-refractivity contribution in [2.45, 2.75) is 13.3 Å². The minimum Gasteiger partial charge on any atom is -0.369 e. The standard InChI is InChI=1S/C23H25FN4O/c1-18-20(15-19-7-9-21(24)10-8-19)16-23(29)28(25-18)17-26-11-13-27(14-12-26)22-5-3-2-4-6-22/h2-10,15H,11-14,16-17H2,1H3/b20-15+. The molecular formula is C23H25FN4O. The summed E-state index contributed by atoms with van der Waals surface area (Å²) in [7, 11) is 0. The number of rotatable bonds is 4. The van der Waals surface area contributed by atoms with Crippen molar-refractivity contribution < 1.29 is 9.18 Å². The predicted molar refractivity (Wildman–Crippen MR) is 114 cm³/mol. The number of hydrogen-bond acceptors (Lipinski definition) is 4. The Bertz CT molecular complexity index is 916. The van der Waals surface area contributed by atoms with Gasteiger partial charge in [-0.25, -0.2) is 9.40 Å². The average Bonchev–Trinajstić information content (AvgIpc) is 2.74. The molecule has 2 aliphatic heterocycles. The molecule has 0 unspecified atom stereocenters. The van der Waals surface area contributed by atoms with Gasteiger partial charge in [-0.15, -0.1) is 0 Å². The van der Waals surface area contributed by atoms with Gasteiger partial charge in [0.25, 0.3) is 0 Å². The van der Waals surface area contributed by atoms with Gasteiger partial charge in [0.2, 0.25) is 5.91 Å². The molecule has 0 aromatic heterocycles. The van der Waals surface area contributed by atoms with Gasteiger partial charge < -0.3 is 4.90 Å². The van der Waals surface area contributed by atoms with Crippen molar-refractivity contribution in [1.29, 1.82) is 0 Å². The molecule has 2 aromatic carbocycles. The molecule has 0 spiro atoms. The molecular weight excluding hydrogens is 367 g/mol. The Morgan fingerprint density at radius 3 is 2.38 bits per heavy atom. The Morgan fingerprint density at radius 2 is 1.69 bits per heavy atom. The summed E-state index contributed by atoms with van der Waals surface area (Å²) in [5, 5.41) is 6.11. The Hall–Kier alpha value is -2.99. The zero-order valence-electron chi connectivity index (χ0n) is 16.6. The lowest BCUT2D eigenvalue weighted by Gasteiger charge is -2.38. The van der Waals surface area contributed by atoms with Crippen molar-refractivity contribution in [3.63, 3.8) is 0 Å². The second-order valence-electron chi connectivity index (χ2n) is 7.46. The number of amides is 1. The zero-order valence-corrected chi connectivity index (χ0v) is 16.6. The average molecular weight is 392 g/mol. The molecule has 0 N–H and O–H groups in total. The van der Waals surface area contributed by atoms with Crippen LogP contribution in [0.3, 0.4) is 0 Å². The first kappa shape index (κ1) is 19.3. The van der Waals surface area contributed by atoms with E-state index in [4.69, 9.17) is 0 Å². The van der Waals surface area contributed by atoms with E-state index in [0.717, 1.165) is 43.0 Å². The summed E-state index contributed by atoms with van der Waals surface area (Å²) < 4.78 is 13.1. The summed E-state index contributed by atoms with van der Waals surface area (Å²) in [4.78, 5) is 17.3. The van der Waals surface area contributed by atoms with Crippen LogP contribution in [0, 0.1) is 5.82 Å². The molecule has 2 aromatic rings. The monoisotopic (exact) mass is 392 g/mol. The van der Waals surface area contributed by atoms with Gasteiger partial charge >= 0.3 is 0 Å². The normalized spacial score (nSPS) is 19.6. The molecule has 0 atom stereocenters. The van der Waals surface area contributed by atoms with E-state index in [1.165, 1.54) is 17.8 Å². The smallest absolute Gasteiger partial charge is 0.248 e. The van der Waals surface area contributed by atoms with E-state index in [9.17, 15) is 9.18 Å². The minimum atomic E-state index is -0.268. The highest BCUT2D eigenvalue weighted by Crippen LogP contribution is 2.20. The van der Waals surface area contributed by atoms with Crippen molar-refractivity contribution in [1.82, 2.24) is 9.91 Å². The van der Waals surface area contributed by atoms with Crippen LogP contribution in [0.25, 0.3) is 6.08 Å². The fraction of sp³-hybridized carbons (Fsp3) is 0.304. The Labute approximate surface area is 170 Å². The topological polar surface area (TPSA) is 39.1 Å². The number of para-hydroxylation sites is 1. The lowest BCUT2D eigenvalue weighted by molar-refractivity contribution is -0.133. The number of anilines is 1. The molecule has 4 rings (SSSR count). The number of benzene rings is 2. The second-order valence-corrected chi connectivity index (χ2v) is 7.46. The van der Waals surface area contributed by atoms with Crippen LogP contribution in [-0.2, 0) is 4.79 Å². The van der Waals surface area contributed by atoms with Gasteiger partial charge in [0.05, 0.1) is 18.8 Å². The van der Waals surface area contributed by atoms with Crippen molar-refractivity contribution >= 4 is 23.4 Å². The number of halogens is 1. The van der Waals surface area contributed by atoms with Crippen molar-refractivity contribution in [3.8, 4) is 0 Å². The highest BCUT2D eigenvalue weighted by Gasteiger charge is 2.26. The summed E-state index contributed by atoms with van der Waals surface area (Å²) in [6.45, 7) is 6.09. The number of hydrogen-bond donors (Lipinski definition) is 0. The van der Waals surface area contributed by atoms with Crippen molar-refractivity contribution in [3.05, 3.63) is 71.6 Å². The maximum atomic E-state index is 13.1. The van der Waals surface area contributed by atoms with Gasteiger partial charge in [0.1, 0.15) is 5.82 Å². The van der Waals surface area contributed by atoms with Gasteiger partial charge in [-0.05, 0) is 48.4 Å². The molecule has 6 heteroatoms.